The van der Waals surface area contributed by atoms with Crippen LogP contribution < -0.4 is 0 Å². The minimum absolute atomic E-state index is 0. The zero-order valence-corrected chi connectivity index (χ0v) is 4.18. The van der Waals surface area contributed by atoms with E-state index in [1.165, 1.54) is 0 Å². The Morgan fingerprint density at radius 3 is 1.10 bits per heavy atom. The topological polar surface area (TPSA) is 99.4 Å². The quantitative estimate of drug-likeness (QED) is 0.402. The molecule has 0 aliphatic heterocycles. The van der Waals surface area contributed by atoms with Crippen molar-refractivity contribution in [2.24, 2.45) is 0 Å². The molecule has 3 N–H and O–H groups in total. The van der Waals surface area contributed by atoms with Gasteiger partial charge in [-0.1, -0.05) is 0 Å². The Hall–Kier alpha value is 0.0464. The molecule has 0 atom stereocenters. The molecular formula is C3H4KN3O3. The molecule has 0 unspecified atom stereocenters. The molecule has 1 aromatic rings. The van der Waals surface area contributed by atoms with Crippen molar-refractivity contribution in [3.63, 3.8) is 0 Å². The summed E-state index contributed by atoms with van der Waals surface area (Å²) < 4.78 is 0. The number of aromatic hydroxyl groups is 3. The van der Waals surface area contributed by atoms with Crippen molar-refractivity contribution in [1.82, 2.24) is 15.0 Å². The molecule has 50 valence electrons. The molecule has 7 heteroatoms. The predicted octanol–water partition coefficient (Wildman–Crippen LogP) is -1.66. The Bertz CT molecular complexity index is 180. The number of nitrogens with zero attached hydrogens (tertiary/aromatic N) is 3. The summed E-state index contributed by atoms with van der Waals surface area (Å²) in [6.45, 7) is 0. The van der Waals surface area contributed by atoms with E-state index in [-0.39, 0.29) is 51.4 Å². The van der Waals surface area contributed by atoms with Crippen LogP contribution in [-0.2, 0) is 0 Å². The monoisotopic (exact) mass is 169 g/mol. The second kappa shape index (κ2) is 4.04. The summed E-state index contributed by atoms with van der Waals surface area (Å²) in [5, 5.41) is 25.2. The van der Waals surface area contributed by atoms with Gasteiger partial charge in [0.25, 0.3) is 0 Å². The van der Waals surface area contributed by atoms with Crippen LogP contribution in [0.2, 0.25) is 0 Å². The molecule has 1 heterocycles. The molecule has 0 bridgehead atoms. The summed E-state index contributed by atoms with van der Waals surface area (Å²) in [7, 11) is 0. The van der Waals surface area contributed by atoms with Gasteiger partial charge in [-0.15, -0.1) is 15.0 Å². The molecular weight excluding hydrogens is 165 g/mol. The molecule has 0 spiro atoms. The normalized spacial score (nSPS) is 8.40. The van der Waals surface area contributed by atoms with Crippen molar-refractivity contribution in [2.75, 3.05) is 0 Å². The Balaban J connectivity index is 0.000000810. The van der Waals surface area contributed by atoms with Crippen molar-refractivity contribution in [3.05, 3.63) is 0 Å². The molecule has 0 aliphatic carbocycles. The number of aromatic nitrogens is 3. The van der Waals surface area contributed by atoms with Gasteiger partial charge in [-0.2, -0.15) is 0 Å². The van der Waals surface area contributed by atoms with Crippen LogP contribution in [0.25, 0.3) is 0 Å². The molecule has 0 saturated carbocycles. The maximum absolute atomic E-state index is 8.41. The maximum atomic E-state index is 8.41. The van der Waals surface area contributed by atoms with Gasteiger partial charge >= 0.3 is 69.4 Å². The van der Waals surface area contributed by atoms with Crippen LogP contribution in [0.3, 0.4) is 0 Å². The first-order valence-electron chi connectivity index (χ1n) is 2.01. The Morgan fingerprint density at radius 2 is 0.900 bits per heavy atom. The fourth-order valence-electron chi connectivity index (χ4n) is 0.343. The van der Waals surface area contributed by atoms with Crippen LogP contribution in [0.1, 0.15) is 0 Å². The van der Waals surface area contributed by atoms with E-state index in [2.05, 4.69) is 15.0 Å². The molecule has 1 rings (SSSR count). The average Bonchev–Trinajstić information content (AvgIpc) is 1.59. The third-order valence-corrected chi connectivity index (χ3v) is 0.600. The third-order valence-electron chi connectivity index (χ3n) is 0.600. The molecule has 0 aliphatic rings. The van der Waals surface area contributed by atoms with E-state index in [9.17, 15) is 0 Å². The molecule has 0 radical (unpaired) electrons. The summed E-state index contributed by atoms with van der Waals surface area (Å²) in [6, 6.07) is -2.12. The van der Waals surface area contributed by atoms with Crippen LogP contribution >= 0.6 is 0 Å². The number of rotatable bonds is 0. The van der Waals surface area contributed by atoms with Crippen LogP contribution in [0, 0.1) is 0 Å². The van der Waals surface area contributed by atoms with Gasteiger partial charge in [-0.3, -0.25) is 0 Å². The third kappa shape index (κ3) is 2.75. The second-order valence-electron chi connectivity index (χ2n) is 1.24. The molecule has 0 fully saturated rings. The zero-order chi connectivity index (χ0) is 6.85. The Labute approximate surface area is 98.4 Å². The van der Waals surface area contributed by atoms with Crippen molar-refractivity contribution in [1.29, 1.82) is 0 Å². The molecule has 10 heavy (non-hydrogen) atoms. The van der Waals surface area contributed by atoms with Crippen LogP contribution in [0.5, 0.6) is 18.0 Å². The van der Waals surface area contributed by atoms with Crippen molar-refractivity contribution >= 4 is 51.4 Å². The van der Waals surface area contributed by atoms with E-state index in [4.69, 9.17) is 15.3 Å². The molecule has 0 saturated heterocycles. The van der Waals surface area contributed by atoms with Crippen molar-refractivity contribution in [3.8, 4) is 18.0 Å². The summed E-state index contributed by atoms with van der Waals surface area (Å²) in [6.07, 6.45) is 0. The minimum atomic E-state index is -0.708. The van der Waals surface area contributed by atoms with Crippen LogP contribution in [0.15, 0.2) is 0 Å². The van der Waals surface area contributed by atoms with E-state index in [1.54, 1.807) is 0 Å². The van der Waals surface area contributed by atoms with Gasteiger partial charge in [0.2, 0.25) is 0 Å². The Morgan fingerprint density at radius 1 is 0.700 bits per heavy atom. The molecule has 1 aromatic heterocycles. The Kier molecular flexibility index (Phi) is 4.05. The first-order valence-corrected chi connectivity index (χ1v) is 2.01. The fraction of sp³-hybridized carbons (Fsp3) is 0. The molecule has 6 nitrogen and oxygen atoms in total. The number of hydrogen-bond acceptors (Lipinski definition) is 6. The SMILES string of the molecule is Oc1nc(O)nc(O)n1.[KH]. The van der Waals surface area contributed by atoms with E-state index in [1.807, 2.05) is 0 Å². The van der Waals surface area contributed by atoms with Gasteiger partial charge in [-0.25, -0.2) is 0 Å². The van der Waals surface area contributed by atoms with Gasteiger partial charge < -0.3 is 15.3 Å². The van der Waals surface area contributed by atoms with Gasteiger partial charge in [0.15, 0.2) is 0 Å². The standard InChI is InChI=1S/C3H3N3O3.K.H/c7-1-4-2(8)6-3(9)5-1;;/h(H3,4,5,6,7,8,9);;. The summed E-state index contributed by atoms with van der Waals surface area (Å²) in [5.74, 6) is 0. The fourth-order valence-corrected chi connectivity index (χ4v) is 0.343. The zero-order valence-electron chi connectivity index (χ0n) is 4.18. The van der Waals surface area contributed by atoms with Gasteiger partial charge in [0.1, 0.15) is 0 Å². The first-order chi connectivity index (χ1) is 4.18. The van der Waals surface area contributed by atoms with Crippen LogP contribution in [-0.4, -0.2) is 81.7 Å². The molecule has 0 aromatic carbocycles. The summed E-state index contributed by atoms with van der Waals surface area (Å²) >= 11 is 0. The average molecular weight is 169 g/mol. The summed E-state index contributed by atoms with van der Waals surface area (Å²) in [4.78, 5) is 8.89. The van der Waals surface area contributed by atoms with Gasteiger partial charge in [-0.05, 0) is 0 Å². The van der Waals surface area contributed by atoms with Gasteiger partial charge in [0, 0.05) is 0 Å². The van der Waals surface area contributed by atoms with Crippen LogP contribution in [0.4, 0.5) is 0 Å². The van der Waals surface area contributed by atoms with E-state index in [0.717, 1.165) is 0 Å². The van der Waals surface area contributed by atoms with Crippen molar-refractivity contribution < 1.29 is 15.3 Å². The second-order valence-corrected chi connectivity index (χ2v) is 1.24. The van der Waals surface area contributed by atoms with E-state index < -0.39 is 18.0 Å². The molecule has 0 amide bonds. The summed E-state index contributed by atoms with van der Waals surface area (Å²) in [5.41, 5.74) is 0. The van der Waals surface area contributed by atoms with Crippen molar-refractivity contribution in [2.45, 2.75) is 0 Å². The first kappa shape index (κ1) is 10.0. The predicted molar refractivity (Wildman–Crippen MR) is 32.0 cm³/mol. The number of hydrogen-bond donors (Lipinski definition) is 3. The van der Waals surface area contributed by atoms with E-state index >= 15 is 0 Å². The van der Waals surface area contributed by atoms with Gasteiger partial charge in [0.05, 0.1) is 0 Å². The van der Waals surface area contributed by atoms with E-state index in [0.29, 0.717) is 0 Å².